The predicted molar refractivity (Wildman–Crippen MR) is 132 cm³/mol. The summed E-state index contributed by atoms with van der Waals surface area (Å²) >= 11 is 0. The smallest absolute Gasteiger partial charge is 0.263 e. The van der Waals surface area contributed by atoms with Crippen LogP contribution in [0.2, 0.25) is 0 Å². The van der Waals surface area contributed by atoms with Crippen LogP contribution in [-0.4, -0.2) is 15.5 Å². The van der Waals surface area contributed by atoms with Crippen molar-refractivity contribution in [1.29, 1.82) is 0 Å². The summed E-state index contributed by atoms with van der Waals surface area (Å²) in [6, 6.07) is 24.2. The van der Waals surface area contributed by atoms with Crippen molar-refractivity contribution in [2.75, 3.05) is 0 Å². The van der Waals surface area contributed by atoms with E-state index in [0.29, 0.717) is 18.9 Å². The largest absolute Gasteiger partial charge is 0.487 e. The molecule has 1 atom stereocenters. The van der Waals surface area contributed by atoms with Crippen LogP contribution in [-0.2, 0) is 13.2 Å². The highest BCUT2D eigenvalue weighted by Crippen LogP contribution is 2.20. The van der Waals surface area contributed by atoms with Gasteiger partial charge in [0, 0.05) is 12.4 Å². The molecule has 0 saturated heterocycles. The molecule has 6 nitrogen and oxygen atoms in total. The molecule has 1 N–H and O–H groups in total. The van der Waals surface area contributed by atoms with E-state index in [4.69, 9.17) is 4.74 Å². The first-order chi connectivity index (χ1) is 16.5. The van der Waals surface area contributed by atoms with E-state index in [0.717, 1.165) is 22.4 Å². The number of ether oxygens (including phenoxy) is 1. The second-order valence-electron chi connectivity index (χ2n) is 8.22. The maximum absolute atomic E-state index is 13.0. The third kappa shape index (κ3) is 5.78. The van der Waals surface area contributed by atoms with E-state index in [1.165, 1.54) is 0 Å². The molecule has 0 aliphatic rings. The molecule has 0 saturated carbocycles. The van der Waals surface area contributed by atoms with Gasteiger partial charge < -0.3 is 14.6 Å². The lowest BCUT2D eigenvalue weighted by atomic mass is 10.1. The molecule has 0 radical (unpaired) electrons. The molecule has 0 fully saturated rings. The third-order valence-corrected chi connectivity index (χ3v) is 5.52. The molecular weight excluding hydrogens is 426 g/mol. The maximum atomic E-state index is 13.0. The molecule has 1 amide bonds. The number of aryl methyl sites for hydroxylation is 1. The Bertz CT molecular complexity index is 1330. The summed E-state index contributed by atoms with van der Waals surface area (Å²) in [5.41, 5.74) is 3.64. The van der Waals surface area contributed by atoms with Gasteiger partial charge in [-0.1, -0.05) is 48.0 Å². The van der Waals surface area contributed by atoms with Gasteiger partial charge in [-0.25, -0.2) is 0 Å². The Morgan fingerprint density at radius 1 is 1.03 bits per heavy atom. The number of pyridine rings is 2. The topological polar surface area (TPSA) is 73.2 Å². The number of nitrogens with zero attached hydrogens (tertiary/aromatic N) is 2. The average molecular weight is 454 g/mol. The summed E-state index contributed by atoms with van der Waals surface area (Å²) in [5.74, 6) is 0.278. The summed E-state index contributed by atoms with van der Waals surface area (Å²) in [7, 11) is 0. The van der Waals surface area contributed by atoms with Crippen molar-refractivity contribution in [3.63, 3.8) is 0 Å². The monoisotopic (exact) mass is 453 g/mol. The minimum atomic E-state index is -0.407. The number of amides is 1. The molecule has 2 aromatic carbocycles. The number of aromatic nitrogens is 2. The summed E-state index contributed by atoms with van der Waals surface area (Å²) in [5, 5.41) is 2.93. The molecule has 0 aliphatic heterocycles. The highest BCUT2D eigenvalue weighted by molar-refractivity contribution is 5.94. The SMILES string of the molecule is Cc1cccc(Cn2cccc(C(=O)NC(C)c3cccc(OCc4ccccn4)c3)c2=O)c1. The standard InChI is InChI=1S/C28H27N3O3/c1-20-8-5-9-22(16-20)18-31-15-7-13-26(28(31)33)27(32)30-21(2)23-10-6-12-25(17-23)34-19-24-11-3-4-14-29-24/h3-17,21H,18-19H2,1-2H3,(H,30,32). The summed E-state index contributed by atoms with van der Waals surface area (Å²) < 4.78 is 7.40. The number of hydrogen-bond acceptors (Lipinski definition) is 4. The normalized spacial score (nSPS) is 11.6. The highest BCUT2D eigenvalue weighted by atomic mass is 16.5. The van der Waals surface area contributed by atoms with Gasteiger partial charge in [0.25, 0.3) is 11.5 Å². The lowest BCUT2D eigenvalue weighted by Gasteiger charge is -2.16. The molecule has 4 rings (SSSR count). The van der Waals surface area contributed by atoms with Gasteiger partial charge in [0.15, 0.2) is 0 Å². The van der Waals surface area contributed by atoms with Crippen molar-refractivity contribution in [3.05, 3.63) is 130 Å². The second-order valence-corrected chi connectivity index (χ2v) is 8.22. The number of carbonyl (C=O) groups is 1. The average Bonchev–Trinajstić information content (AvgIpc) is 2.85. The Morgan fingerprint density at radius 3 is 2.68 bits per heavy atom. The van der Waals surface area contributed by atoms with E-state index in [9.17, 15) is 9.59 Å². The van der Waals surface area contributed by atoms with E-state index >= 15 is 0 Å². The Hall–Kier alpha value is -4.19. The van der Waals surface area contributed by atoms with Gasteiger partial charge in [-0.15, -0.1) is 0 Å². The van der Waals surface area contributed by atoms with Crippen molar-refractivity contribution >= 4 is 5.91 Å². The van der Waals surface area contributed by atoms with Gasteiger partial charge in [0.1, 0.15) is 17.9 Å². The first-order valence-electron chi connectivity index (χ1n) is 11.2. The van der Waals surface area contributed by atoms with E-state index in [1.807, 2.05) is 80.6 Å². The van der Waals surface area contributed by atoms with Crippen LogP contribution >= 0.6 is 0 Å². The molecule has 6 heteroatoms. The third-order valence-electron chi connectivity index (χ3n) is 5.52. The van der Waals surface area contributed by atoms with E-state index in [-0.39, 0.29) is 17.2 Å². The maximum Gasteiger partial charge on any atom is 0.263 e. The zero-order chi connectivity index (χ0) is 23.9. The van der Waals surface area contributed by atoms with Gasteiger partial charge in [-0.05, 0) is 61.4 Å². The van der Waals surface area contributed by atoms with Gasteiger partial charge in [0.05, 0.1) is 18.3 Å². The minimum Gasteiger partial charge on any atom is -0.487 e. The van der Waals surface area contributed by atoms with Crippen molar-refractivity contribution in [3.8, 4) is 5.75 Å². The Labute approximate surface area is 198 Å². The summed E-state index contributed by atoms with van der Waals surface area (Å²) in [4.78, 5) is 30.2. The van der Waals surface area contributed by atoms with Crippen LogP contribution in [0.5, 0.6) is 5.75 Å². The van der Waals surface area contributed by atoms with Crippen LogP contribution in [0, 0.1) is 6.92 Å². The first kappa shape index (κ1) is 23.0. The number of nitrogens with one attached hydrogen (secondary N) is 1. The van der Waals surface area contributed by atoms with Crippen molar-refractivity contribution in [2.24, 2.45) is 0 Å². The molecule has 34 heavy (non-hydrogen) atoms. The molecule has 2 aromatic heterocycles. The van der Waals surface area contributed by atoms with Gasteiger partial charge in [0.2, 0.25) is 0 Å². The first-order valence-corrected chi connectivity index (χ1v) is 11.2. The Balaban J connectivity index is 1.44. The van der Waals surface area contributed by atoms with Crippen LogP contribution in [0.4, 0.5) is 0 Å². The van der Waals surface area contributed by atoms with Crippen LogP contribution in [0.3, 0.4) is 0 Å². The molecule has 2 heterocycles. The molecule has 1 unspecified atom stereocenters. The number of hydrogen-bond donors (Lipinski definition) is 1. The van der Waals surface area contributed by atoms with Crippen molar-refractivity contribution in [2.45, 2.75) is 33.0 Å². The summed E-state index contributed by atoms with van der Waals surface area (Å²) in [6.45, 7) is 4.66. The van der Waals surface area contributed by atoms with Gasteiger partial charge >= 0.3 is 0 Å². The zero-order valence-electron chi connectivity index (χ0n) is 19.3. The molecule has 0 aliphatic carbocycles. The fourth-order valence-electron chi connectivity index (χ4n) is 3.71. The van der Waals surface area contributed by atoms with E-state index in [1.54, 1.807) is 29.1 Å². The molecule has 172 valence electrons. The van der Waals surface area contributed by atoms with E-state index in [2.05, 4.69) is 10.3 Å². The minimum absolute atomic E-state index is 0.115. The molecule has 0 bridgehead atoms. The van der Waals surface area contributed by atoms with Crippen molar-refractivity contribution < 1.29 is 9.53 Å². The van der Waals surface area contributed by atoms with Crippen molar-refractivity contribution in [1.82, 2.24) is 14.9 Å². The van der Waals surface area contributed by atoms with Gasteiger partial charge in [-0.2, -0.15) is 0 Å². The number of benzene rings is 2. The Morgan fingerprint density at radius 2 is 1.88 bits per heavy atom. The van der Waals surface area contributed by atoms with E-state index < -0.39 is 5.91 Å². The van der Waals surface area contributed by atoms with Crippen LogP contribution in [0.1, 0.15) is 45.7 Å². The fraction of sp³-hybridized carbons (Fsp3) is 0.179. The zero-order valence-corrected chi connectivity index (χ0v) is 19.3. The van der Waals surface area contributed by atoms with Gasteiger partial charge in [-0.3, -0.25) is 14.6 Å². The lowest BCUT2D eigenvalue weighted by Crippen LogP contribution is -2.34. The highest BCUT2D eigenvalue weighted by Gasteiger charge is 2.16. The lowest BCUT2D eigenvalue weighted by molar-refractivity contribution is 0.0937. The van der Waals surface area contributed by atoms with Crippen LogP contribution in [0.25, 0.3) is 0 Å². The number of carbonyl (C=O) groups excluding carboxylic acids is 1. The van der Waals surface area contributed by atoms with Crippen LogP contribution < -0.4 is 15.6 Å². The quantitative estimate of drug-likeness (QED) is 0.421. The Kier molecular flexibility index (Phi) is 7.18. The fourth-order valence-corrected chi connectivity index (χ4v) is 3.71. The second kappa shape index (κ2) is 10.6. The summed E-state index contributed by atoms with van der Waals surface area (Å²) in [6.07, 6.45) is 3.43. The van der Waals surface area contributed by atoms with Crippen LogP contribution in [0.15, 0.2) is 96.1 Å². The predicted octanol–water partition coefficient (Wildman–Crippen LogP) is 4.67. The molecule has 4 aromatic rings. The molecule has 0 spiro atoms. The molecular formula is C28H27N3O3. The number of rotatable bonds is 8.